The summed E-state index contributed by atoms with van der Waals surface area (Å²) in [6.45, 7) is 6.39. The zero-order chi connectivity index (χ0) is 18.5. The summed E-state index contributed by atoms with van der Waals surface area (Å²) in [6, 6.07) is 17.4. The van der Waals surface area contributed by atoms with E-state index < -0.39 is 0 Å². The van der Waals surface area contributed by atoms with Crippen molar-refractivity contribution in [2.45, 2.75) is 27.2 Å². The molecule has 5 nitrogen and oxygen atoms in total. The van der Waals surface area contributed by atoms with Gasteiger partial charge in [-0.3, -0.25) is 4.79 Å². The highest BCUT2D eigenvalue weighted by Gasteiger charge is 2.16. The van der Waals surface area contributed by atoms with Crippen LogP contribution in [-0.2, 0) is 11.2 Å². The van der Waals surface area contributed by atoms with E-state index >= 15 is 0 Å². The van der Waals surface area contributed by atoms with E-state index in [4.69, 9.17) is 4.74 Å². The van der Waals surface area contributed by atoms with Gasteiger partial charge in [0.05, 0.1) is 30.1 Å². The first kappa shape index (κ1) is 17.7. The number of carbonyl (C=O) groups is 1. The second-order valence-electron chi connectivity index (χ2n) is 6.05. The third-order valence-electron chi connectivity index (χ3n) is 4.24. The highest BCUT2D eigenvalue weighted by Crippen LogP contribution is 2.24. The second kappa shape index (κ2) is 7.87. The molecule has 3 aromatic rings. The van der Waals surface area contributed by atoms with Gasteiger partial charge in [-0.15, -0.1) is 0 Å². The molecule has 2 aromatic carbocycles. The van der Waals surface area contributed by atoms with Gasteiger partial charge in [0.25, 0.3) is 0 Å². The first-order valence-corrected chi connectivity index (χ1v) is 8.72. The fourth-order valence-corrected chi connectivity index (χ4v) is 2.96. The predicted molar refractivity (Wildman–Crippen MR) is 103 cm³/mol. The Morgan fingerprint density at radius 2 is 1.77 bits per heavy atom. The molecule has 0 saturated heterocycles. The van der Waals surface area contributed by atoms with Crippen molar-refractivity contribution in [2.75, 3.05) is 11.9 Å². The van der Waals surface area contributed by atoms with Crippen molar-refractivity contribution in [3.63, 3.8) is 0 Å². The van der Waals surface area contributed by atoms with Crippen LogP contribution in [0, 0.1) is 13.8 Å². The topological polar surface area (TPSA) is 56.1 Å². The molecule has 0 radical (unpaired) electrons. The van der Waals surface area contributed by atoms with Gasteiger partial charge in [-0.25, -0.2) is 4.68 Å². The van der Waals surface area contributed by atoms with Crippen molar-refractivity contribution in [3.05, 3.63) is 71.5 Å². The van der Waals surface area contributed by atoms with Gasteiger partial charge in [0, 0.05) is 11.3 Å². The zero-order valence-electron chi connectivity index (χ0n) is 15.3. The van der Waals surface area contributed by atoms with E-state index in [0.717, 1.165) is 22.6 Å². The number of benzene rings is 2. The molecule has 5 heteroatoms. The maximum Gasteiger partial charge on any atom is 0.229 e. The minimum atomic E-state index is -0.0871. The molecule has 0 aliphatic carbocycles. The summed E-state index contributed by atoms with van der Waals surface area (Å²) in [5.74, 6) is 0.590. The number of hydrogen-bond acceptors (Lipinski definition) is 3. The first-order chi connectivity index (χ1) is 12.6. The molecule has 134 valence electrons. The van der Waals surface area contributed by atoms with Crippen LogP contribution < -0.4 is 10.1 Å². The Morgan fingerprint density at radius 3 is 2.50 bits per heavy atom. The number of nitrogens with zero attached hydrogens (tertiary/aromatic N) is 2. The maximum atomic E-state index is 12.6. The molecule has 0 spiro atoms. The number of nitrogens with one attached hydrogen (secondary N) is 1. The lowest BCUT2D eigenvalue weighted by Gasteiger charge is -2.11. The van der Waals surface area contributed by atoms with Gasteiger partial charge in [-0.05, 0) is 45.0 Å². The van der Waals surface area contributed by atoms with Gasteiger partial charge >= 0.3 is 0 Å². The lowest BCUT2D eigenvalue weighted by Crippen LogP contribution is -2.16. The van der Waals surface area contributed by atoms with Gasteiger partial charge < -0.3 is 10.1 Å². The smallest absolute Gasteiger partial charge is 0.229 e. The molecule has 0 saturated carbocycles. The quantitative estimate of drug-likeness (QED) is 0.730. The third kappa shape index (κ3) is 3.77. The summed E-state index contributed by atoms with van der Waals surface area (Å²) < 4.78 is 7.45. The van der Waals surface area contributed by atoms with Crippen LogP contribution in [0.15, 0.2) is 54.6 Å². The average Bonchev–Trinajstić information content (AvgIpc) is 2.92. The third-order valence-corrected chi connectivity index (χ3v) is 4.24. The molecule has 1 heterocycles. The largest absolute Gasteiger partial charge is 0.492 e. The molecule has 1 N–H and O–H groups in total. The highest BCUT2D eigenvalue weighted by atomic mass is 16.5. The number of anilines is 1. The van der Waals surface area contributed by atoms with Gasteiger partial charge in [-0.2, -0.15) is 5.10 Å². The number of rotatable bonds is 6. The number of amides is 1. The molecule has 0 atom stereocenters. The molecule has 0 bridgehead atoms. The van der Waals surface area contributed by atoms with E-state index in [9.17, 15) is 4.79 Å². The van der Waals surface area contributed by atoms with E-state index in [1.807, 2.05) is 80.1 Å². The highest BCUT2D eigenvalue weighted by molar-refractivity contribution is 5.93. The molecule has 0 fully saturated rings. The number of carbonyl (C=O) groups excluding carboxylic acids is 1. The number of aryl methyl sites for hydroxylation is 1. The van der Waals surface area contributed by atoms with Gasteiger partial charge in [0.2, 0.25) is 5.91 Å². The van der Waals surface area contributed by atoms with Gasteiger partial charge in [-0.1, -0.05) is 30.3 Å². The standard InChI is InChI=1S/C21H23N3O2/c1-4-26-20-13-9-8-12-19(20)22-21(25)14-18-15(2)23-24(16(18)3)17-10-6-5-7-11-17/h5-13H,4,14H2,1-3H3,(H,22,25). The van der Waals surface area contributed by atoms with Crippen LogP contribution in [0.1, 0.15) is 23.9 Å². The van der Waals surface area contributed by atoms with Crippen LogP contribution in [0.4, 0.5) is 5.69 Å². The normalized spacial score (nSPS) is 10.6. The van der Waals surface area contributed by atoms with E-state index in [2.05, 4.69) is 10.4 Å². The molecular weight excluding hydrogens is 326 g/mol. The van der Waals surface area contributed by atoms with E-state index in [1.54, 1.807) is 0 Å². The number of aromatic nitrogens is 2. The molecule has 0 aliphatic heterocycles. The van der Waals surface area contributed by atoms with Gasteiger partial charge in [0.1, 0.15) is 5.75 Å². The van der Waals surface area contributed by atoms with Crippen molar-refractivity contribution in [1.29, 1.82) is 0 Å². The van der Waals surface area contributed by atoms with Crippen LogP contribution in [0.5, 0.6) is 5.75 Å². The molecule has 1 amide bonds. The molecule has 0 unspecified atom stereocenters. The predicted octanol–water partition coefficient (Wildman–Crippen LogP) is 4.07. The van der Waals surface area contributed by atoms with Crippen LogP contribution in [0.3, 0.4) is 0 Å². The minimum absolute atomic E-state index is 0.0871. The van der Waals surface area contributed by atoms with E-state index in [0.29, 0.717) is 18.0 Å². The van der Waals surface area contributed by atoms with Gasteiger partial charge in [0.15, 0.2) is 0 Å². The summed E-state index contributed by atoms with van der Waals surface area (Å²) in [7, 11) is 0. The van der Waals surface area contributed by atoms with Crippen LogP contribution in [0.2, 0.25) is 0 Å². The van der Waals surface area contributed by atoms with Crippen molar-refractivity contribution in [1.82, 2.24) is 9.78 Å². The fraction of sp³-hybridized carbons (Fsp3) is 0.238. The molecule has 3 rings (SSSR count). The summed E-state index contributed by atoms with van der Waals surface area (Å²) in [5, 5.41) is 7.55. The van der Waals surface area contributed by atoms with E-state index in [1.165, 1.54) is 0 Å². The monoisotopic (exact) mass is 349 g/mol. The van der Waals surface area contributed by atoms with Crippen molar-refractivity contribution in [3.8, 4) is 11.4 Å². The molecule has 0 aliphatic rings. The Morgan fingerprint density at radius 1 is 1.08 bits per heavy atom. The van der Waals surface area contributed by atoms with Crippen LogP contribution in [-0.4, -0.2) is 22.3 Å². The number of ether oxygens (including phenoxy) is 1. The first-order valence-electron chi connectivity index (χ1n) is 8.72. The Labute approximate surface area is 153 Å². The summed E-state index contributed by atoms with van der Waals surface area (Å²) >= 11 is 0. The Bertz CT molecular complexity index is 901. The van der Waals surface area contributed by atoms with E-state index in [-0.39, 0.29) is 12.3 Å². The lowest BCUT2D eigenvalue weighted by molar-refractivity contribution is -0.115. The summed E-state index contributed by atoms with van der Waals surface area (Å²) in [4.78, 5) is 12.6. The Hall–Kier alpha value is -3.08. The van der Waals surface area contributed by atoms with Crippen LogP contribution in [0.25, 0.3) is 5.69 Å². The fourth-order valence-electron chi connectivity index (χ4n) is 2.96. The molecule has 26 heavy (non-hydrogen) atoms. The molecular formula is C21H23N3O2. The van der Waals surface area contributed by atoms with Crippen LogP contribution >= 0.6 is 0 Å². The van der Waals surface area contributed by atoms with Crippen molar-refractivity contribution >= 4 is 11.6 Å². The average molecular weight is 349 g/mol. The molecule has 1 aromatic heterocycles. The summed E-state index contributed by atoms with van der Waals surface area (Å²) in [5.41, 5.74) is 4.45. The SMILES string of the molecule is CCOc1ccccc1NC(=O)Cc1c(C)nn(-c2ccccc2)c1C. The maximum absolute atomic E-state index is 12.6. The summed E-state index contributed by atoms with van der Waals surface area (Å²) in [6.07, 6.45) is 0.269. The number of hydrogen-bond donors (Lipinski definition) is 1. The Balaban J connectivity index is 1.79. The zero-order valence-corrected chi connectivity index (χ0v) is 15.3. The second-order valence-corrected chi connectivity index (χ2v) is 6.05. The lowest BCUT2D eigenvalue weighted by atomic mass is 10.1. The number of para-hydroxylation sites is 3. The minimum Gasteiger partial charge on any atom is -0.492 e. The van der Waals surface area contributed by atoms with Crippen molar-refractivity contribution < 1.29 is 9.53 Å². The van der Waals surface area contributed by atoms with Crippen molar-refractivity contribution in [2.24, 2.45) is 0 Å². The Kier molecular flexibility index (Phi) is 5.37.